The third-order valence-electron chi connectivity index (χ3n) is 5.05. The molecule has 28 heavy (non-hydrogen) atoms. The molecule has 7 nitrogen and oxygen atoms in total. The Kier molecular flexibility index (Phi) is 5.69. The van der Waals surface area contributed by atoms with Crippen LogP contribution in [0.25, 0.3) is 0 Å². The Morgan fingerprint density at radius 1 is 1.04 bits per heavy atom. The van der Waals surface area contributed by atoms with Gasteiger partial charge in [0.15, 0.2) is 0 Å². The van der Waals surface area contributed by atoms with Crippen LogP contribution in [-0.2, 0) is 14.8 Å². The van der Waals surface area contributed by atoms with E-state index >= 15 is 0 Å². The molecular weight excluding hydrogens is 378 g/mol. The first-order chi connectivity index (χ1) is 13.3. The minimum atomic E-state index is -3.75. The van der Waals surface area contributed by atoms with E-state index in [1.807, 2.05) is 0 Å². The lowest BCUT2D eigenvalue weighted by molar-refractivity contribution is -0.123. The van der Waals surface area contributed by atoms with Crippen LogP contribution in [0, 0.1) is 12.8 Å². The molecule has 2 aromatic rings. The van der Waals surface area contributed by atoms with E-state index in [0.29, 0.717) is 42.7 Å². The van der Waals surface area contributed by atoms with Crippen molar-refractivity contribution in [1.29, 1.82) is 0 Å². The summed E-state index contributed by atoms with van der Waals surface area (Å²) in [6.45, 7) is 2.62. The number of hydrogen-bond acceptors (Lipinski definition) is 4. The fraction of sp³-hybridized carbons (Fsp3) is 0.300. The van der Waals surface area contributed by atoms with Crippen molar-refractivity contribution in [1.82, 2.24) is 4.90 Å². The third kappa shape index (κ3) is 4.17. The van der Waals surface area contributed by atoms with Gasteiger partial charge in [-0.2, -0.15) is 0 Å². The van der Waals surface area contributed by atoms with Crippen LogP contribution in [0.1, 0.15) is 28.8 Å². The maximum absolute atomic E-state index is 12.9. The number of benzene rings is 2. The number of nitrogens with two attached hydrogens (primary N) is 1. The molecule has 0 radical (unpaired) electrons. The molecule has 8 heteroatoms. The number of nitrogens with zero attached hydrogens (tertiary/aromatic N) is 1. The number of rotatable bonds is 5. The van der Waals surface area contributed by atoms with E-state index in [4.69, 9.17) is 5.73 Å². The second kappa shape index (κ2) is 8.02. The number of hydrogen-bond donors (Lipinski definition) is 2. The van der Waals surface area contributed by atoms with Gasteiger partial charge in [0.25, 0.3) is 15.9 Å². The second-order valence-corrected chi connectivity index (χ2v) is 8.55. The van der Waals surface area contributed by atoms with Gasteiger partial charge in [0.1, 0.15) is 0 Å². The van der Waals surface area contributed by atoms with Crippen molar-refractivity contribution in [2.45, 2.75) is 24.7 Å². The summed E-state index contributed by atoms with van der Waals surface area (Å²) in [6, 6.07) is 13.0. The number of nitrogens with one attached hydrogen (secondary N) is 1. The number of anilines is 1. The van der Waals surface area contributed by atoms with Crippen LogP contribution in [0.3, 0.4) is 0 Å². The average Bonchev–Trinajstić information content (AvgIpc) is 2.70. The zero-order valence-electron chi connectivity index (χ0n) is 15.6. The first kappa shape index (κ1) is 19.9. The third-order valence-corrected chi connectivity index (χ3v) is 6.43. The molecule has 0 aliphatic carbocycles. The van der Waals surface area contributed by atoms with Gasteiger partial charge < -0.3 is 10.6 Å². The van der Waals surface area contributed by atoms with Crippen molar-refractivity contribution in [2.24, 2.45) is 11.7 Å². The van der Waals surface area contributed by atoms with Gasteiger partial charge in [0, 0.05) is 24.6 Å². The average molecular weight is 401 g/mol. The van der Waals surface area contributed by atoms with Crippen molar-refractivity contribution in [2.75, 3.05) is 17.8 Å². The first-order valence-corrected chi connectivity index (χ1v) is 10.5. The lowest BCUT2D eigenvalue weighted by Crippen LogP contribution is -2.42. The zero-order chi connectivity index (χ0) is 20.3. The molecular formula is C20H23N3O4S. The van der Waals surface area contributed by atoms with Crippen molar-refractivity contribution in [3.8, 4) is 0 Å². The van der Waals surface area contributed by atoms with Gasteiger partial charge in [-0.3, -0.25) is 14.3 Å². The smallest absolute Gasteiger partial charge is 0.261 e. The molecule has 1 aliphatic heterocycles. The number of sulfonamides is 1. The van der Waals surface area contributed by atoms with E-state index in [1.165, 1.54) is 12.1 Å². The highest BCUT2D eigenvalue weighted by Crippen LogP contribution is 2.25. The number of amides is 2. The number of primary amides is 1. The molecule has 1 aliphatic rings. The SMILES string of the molecule is Cc1c(NS(=O)(=O)c2ccccc2)cccc1C(=O)N1CCC(C(N)=O)CC1. The van der Waals surface area contributed by atoms with Crippen molar-refractivity contribution < 1.29 is 18.0 Å². The molecule has 0 atom stereocenters. The highest BCUT2D eigenvalue weighted by Gasteiger charge is 2.27. The van der Waals surface area contributed by atoms with E-state index in [9.17, 15) is 18.0 Å². The Morgan fingerprint density at radius 3 is 2.29 bits per heavy atom. The summed E-state index contributed by atoms with van der Waals surface area (Å²) in [7, 11) is -3.75. The Morgan fingerprint density at radius 2 is 1.68 bits per heavy atom. The summed E-state index contributed by atoms with van der Waals surface area (Å²) in [4.78, 5) is 26.1. The zero-order valence-corrected chi connectivity index (χ0v) is 16.4. The van der Waals surface area contributed by atoms with Gasteiger partial charge in [-0.05, 0) is 49.6 Å². The van der Waals surface area contributed by atoms with E-state index in [1.54, 1.807) is 48.2 Å². The molecule has 2 amide bonds. The Hall–Kier alpha value is -2.87. The summed E-state index contributed by atoms with van der Waals surface area (Å²) >= 11 is 0. The Balaban J connectivity index is 1.80. The first-order valence-electron chi connectivity index (χ1n) is 9.05. The Labute approximate surface area is 164 Å². The standard InChI is InChI=1S/C20H23N3O4S/c1-14-17(20(25)23-12-10-15(11-13-23)19(21)24)8-5-9-18(14)22-28(26,27)16-6-3-2-4-7-16/h2-9,15,22H,10-13H2,1H3,(H2,21,24). The van der Waals surface area contributed by atoms with E-state index in [-0.39, 0.29) is 22.6 Å². The fourth-order valence-corrected chi connectivity index (χ4v) is 4.46. The van der Waals surface area contributed by atoms with Gasteiger partial charge in [-0.25, -0.2) is 8.42 Å². The summed E-state index contributed by atoms with van der Waals surface area (Å²) < 4.78 is 27.7. The molecule has 0 unspecified atom stereocenters. The number of carbonyl (C=O) groups is 2. The molecule has 2 aromatic carbocycles. The summed E-state index contributed by atoms with van der Waals surface area (Å²) in [5, 5.41) is 0. The van der Waals surface area contributed by atoms with Crippen molar-refractivity contribution >= 4 is 27.5 Å². The fourth-order valence-electron chi connectivity index (χ4n) is 3.32. The molecule has 1 saturated heterocycles. The molecule has 3 rings (SSSR count). The quantitative estimate of drug-likeness (QED) is 0.800. The summed E-state index contributed by atoms with van der Waals surface area (Å²) in [6.07, 6.45) is 1.08. The van der Waals surface area contributed by atoms with Gasteiger partial charge in [0.2, 0.25) is 5.91 Å². The van der Waals surface area contributed by atoms with Crippen LogP contribution >= 0.6 is 0 Å². The predicted molar refractivity (Wildman–Crippen MR) is 106 cm³/mol. The molecule has 1 heterocycles. The second-order valence-electron chi connectivity index (χ2n) is 6.87. The molecule has 0 saturated carbocycles. The minimum Gasteiger partial charge on any atom is -0.369 e. The van der Waals surface area contributed by atoms with Crippen LogP contribution in [0.2, 0.25) is 0 Å². The van der Waals surface area contributed by atoms with Crippen LogP contribution in [0.4, 0.5) is 5.69 Å². The minimum absolute atomic E-state index is 0.152. The monoisotopic (exact) mass is 401 g/mol. The van der Waals surface area contributed by atoms with Gasteiger partial charge in [-0.1, -0.05) is 24.3 Å². The highest BCUT2D eigenvalue weighted by molar-refractivity contribution is 7.92. The maximum Gasteiger partial charge on any atom is 0.261 e. The Bertz CT molecular complexity index is 982. The molecule has 148 valence electrons. The van der Waals surface area contributed by atoms with E-state index in [2.05, 4.69) is 4.72 Å². The van der Waals surface area contributed by atoms with Gasteiger partial charge in [-0.15, -0.1) is 0 Å². The van der Waals surface area contributed by atoms with Gasteiger partial charge in [0.05, 0.1) is 10.6 Å². The van der Waals surface area contributed by atoms with E-state index in [0.717, 1.165) is 0 Å². The number of carbonyl (C=O) groups excluding carboxylic acids is 2. The largest absolute Gasteiger partial charge is 0.369 e. The summed E-state index contributed by atoms with van der Waals surface area (Å²) in [5.41, 5.74) is 6.70. The molecule has 1 fully saturated rings. The van der Waals surface area contributed by atoms with Crippen LogP contribution in [0.5, 0.6) is 0 Å². The van der Waals surface area contributed by atoms with Crippen LogP contribution in [-0.4, -0.2) is 38.2 Å². The number of likely N-dealkylation sites (tertiary alicyclic amines) is 1. The topological polar surface area (TPSA) is 110 Å². The van der Waals surface area contributed by atoms with Crippen molar-refractivity contribution in [3.63, 3.8) is 0 Å². The van der Waals surface area contributed by atoms with E-state index < -0.39 is 10.0 Å². The predicted octanol–water partition coefficient (Wildman–Crippen LogP) is 2.13. The molecule has 0 bridgehead atoms. The molecule has 0 aromatic heterocycles. The van der Waals surface area contributed by atoms with Crippen LogP contribution < -0.4 is 10.5 Å². The molecule has 3 N–H and O–H groups in total. The lowest BCUT2D eigenvalue weighted by Gasteiger charge is -2.31. The van der Waals surface area contributed by atoms with Crippen LogP contribution in [0.15, 0.2) is 53.4 Å². The van der Waals surface area contributed by atoms with Gasteiger partial charge >= 0.3 is 0 Å². The highest BCUT2D eigenvalue weighted by atomic mass is 32.2. The van der Waals surface area contributed by atoms with Crippen molar-refractivity contribution in [3.05, 3.63) is 59.7 Å². The summed E-state index contributed by atoms with van der Waals surface area (Å²) in [5.74, 6) is -0.712. The lowest BCUT2D eigenvalue weighted by atomic mass is 9.95. The normalized spacial score (nSPS) is 15.2. The number of piperidine rings is 1. The molecule has 0 spiro atoms. The maximum atomic E-state index is 12.9.